The second-order valence-corrected chi connectivity index (χ2v) is 3.98. The Morgan fingerprint density at radius 2 is 0.722 bits per heavy atom. The van der Waals surface area contributed by atoms with Gasteiger partial charge in [-0.3, -0.25) is 0 Å². The lowest BCUT2D eigenvalue weighted by Gasteiger charge is -1.94. The van der Waals surface area contributed by atoms with Crippen LogP contribution in [0.3, 0.4) is 0 Å². The molecular weight excluding hydrogens is 220 g/mol. The molecular formula is C16H16N2. The van der Waals surface area contributed by atoms with Crippen LogP contribution in [-0.4, -0.2) is 0 Å². The van der Waals surface area contributed by atoms with Crippen LogP contribution in [0.25, 0.3) is 10.8 Å². The van der Waals surface area contributed by atoms with E-state index in [1.54, 1.807) is 12.1 Å². The summed E-state index contributed by atoms with van der Waals surface area (Å²) in [6.45, 7) is 0. The van der Waals surface area contributed by atoms with Crippen LogP contribution >= 0.6 is 0 Å². The first-order valence-corrected chi connectivity index (χ1v) is 5.81. The van der Waals surface area contributed by atoms with Gasteiger partial charge in [0.15, 0.2) is 0 Å². The van der Waals surface area contributed by atoms with Gasteiger partial charge in [0.05, 0.1) is 11.4 Å². The molecule has 3 rings (SSSR count). The average molecular weight is 236 g/mol. The highest BCUT2D eigenvalue weighted by Gasteiger charge is 1.85. The van der Waals surface area contributed by atoms with Gasteiger partial charge in [0.25, 0.3) is 0 Å². The number of hydrogen-bond donors (Lipinski definition) is 2. The monoisotopic (exact) mass is 236 g/mol. The molecule has 0 radical (unpaired) electrons. The highest BCUT2D eigenvalue weighted by molar-refractivity contribution is 5.82. The normalized spacial score (nSPS) is 9.56. The predicted molar refractivity (Wildman–Crippen MR) is 79.2 cm³/mol. The number of hydrogen-bond acceptors (Lipinski definition) is 2. The van der Waals surface area contributed by atoms with Crippen molar-refractivity contribution < 1.29 is 0 Å². The first-order valence-electron chi connectivity index (χ1n) is 5.81. The summed E-state index contributed by atoms with van der Waals surface area (Å²) in [6, 6.07) is 24.0. The molecule has 18 heavy (non-hydrogen) atoms. The highest BCUT2D eigenvalue weighted by atomic mass is 14.7. The Hall–Kier alpha value is -2.48. The average Bonchev–Trinajstić information content (AvgIpc) is 2.43. The fourth-order valence-corrected chi connectivity index (χ4v) is 1.64. The van der Waals surface area contributed by atoms with Crippen molar-refractivity contribution in [2.45, 2.75) is 0 Å². The Balaban J connectivity index is 0.000000138. The number of nitrogen functional groups attached to an aromatic ring is 2. The van der Waals surface area contributed by atoms with Crippen LogP contribution in [0.4, 0.5) is 11.4 Å². The number of anilines is 2. The standard InChI is InChI=1S/C10H8.C6H8N2/c1-2-6-10-8-4-3-7-9(10)5-1;7-5-3-1-2-4-6(5)8/h1-8H;1-4H,7-8H2. The van der Waals surface area contributed by atoms with Crippen LogP contribution in [0.2, 0.25) is 0 Å². The van der Waals surface area contributed by atoms with Gasteiger partial charge < -0.3 is 11.5 Å². The van der Waals surface area contributed by atoms with Gasteiger partial charge in [-0.05, 0) is 22.9 Å². The van der Waals surface area contributed by atoms with Crippen LogP contribution in [0.5, 0.6) is 0 Å². The molecule has 0 aliphatic carbocycles. The molecule has 0 aliphatic rings. The zero-order valence-corrected chi connectivity index (χ0v) is 10.1. The smallest absolute Gasteiger partial charge is 0.0547 e. The number of nitrogens with two attached hydrogens (primary N) is 2. The predicted octanol–water partition coefficient (Wildman–Crippen LogP) is 3.69. The molecule has 0 saturated carbocycles. The molecule has 0 spiro atoms. The van der Waals surface area contributed by atoms with E-state index in [0.717, 1.165) is 0 Å². The second-order valence-electron chi connectivity index (χ2n) is 3.98. The van der Waals surface area contributed by atoms with Crippen molar-refractivity contribution >= 4 is 22.1 Å². The van der Waals surface area contributed by atoms with Crippen LogP contribution in [-0.2, 0) is 0 Å². The van der Waals surface area contributed by atoms with Crippen LogP contribution in [0.1, 0.15) is 0 Å². The molecule has 90 valence electrons. The molecule has 0 bridgehead atoms. The van der Waals surface area contributed by atoms with E-state index in [4.69, 9.17) is 11.5 Å². The van der Waals surface area contributed by atoms with E-state index in [-0.39, 0.29) is 0 Å². The van der Waals surface area contributed by atoms with Crippen molar-refractivity contribution in [2.24, 2.45) is 0 Å². The molecule has 0 saturated heterocycles. The quantitative estimate of drug-likeness (QED) is 0.585. The zero-order valence-electron chi connectivity index (χ0n) is 10.1. The number of para-hydroxylation sites is 2. The molecule has 0 heterocycles. The maximum atomic E-state index is 5.39. The first kappa shape index (κ1) is 12.0. The van der Waals surface area contributed by atoms with Crippen molar-refractivity contribution in [1.82, 2.24) is 0 Å². The van der Waals surface area contributed by atoms with Gasteiger partial charge in [0.1, 0.15) is 0 Å². The Morgan fingerprint density at radius 1 is 0.444 bits per heavy atom. The molecule has 4 N–H and O–H groups in total. The highest BCUT2D eigenvalue weighted by Crippen LogP contribution is 2.11. The summed E-state index contributed by atoms with van der Waals surface area (Å²) < 4.78 is 0. The van der Waals surface area contributed by atoms with E-state index >= 15 is 0 Å². The van der Waals surface area contributed by atoms with Gasteiger partial charge in [-0.2, -0.15) is 0 Å². The molecule has 0 atom stereocenters. The van der Waals surface area contributed by atoms with Crippen LogP contribution in [0, 0.1) is 0 Å². The molecule has 0 unspecified atom stereocenters. The lowest BCUT2D eigenvalue weighted by atomic mass is 10.1. The maximum Gasteiger partial charge on any atom is 0.0547 e. The minimum absolute atomic E-state index is 0.646. The topological polar surface area (TPSA) is 52.0 Å². The van der Waals surface area contributed by atoms with E-state index in [9.17, 15) is 0 Å². The Morgan fingerprint density at radius 3 is 1.00 bits per heavy atom. The summed E-state index contributed by atoms with van der Waals surface area (Å²) in [5.41, 5.74) is 12.1. The first-order chi connectivity index (χ1) is 8.77. The van der Waals surface area contributed by atoms with Gasteiger partial charge in [-0.1, -0.05) is 60.7 Å². The van der Waals surface area contributed by atoms with Gasteiger partial charge in [0.2, 0.25) is 0 Å². The fourth-order valence-electron chi connectivity index (χ4n) is 1.64. The van der Waals surface area contributed by atoms with Crippen LogP contribution < -0.4 is 11.5 Å². The molecule has 0 fully saturated rings. The van der Waals surface area contributed by atoms with Crippen molar-refractivity contribution in [1.29, 1.82) is 0 Å². The summed E-state index contributed by atoms with van der Waals surface area (Å²) in [6.07, 6.45) is 0. The van der Waals surface area contributed by atoms with Gasteiger partial charge in [-0.15, -0.1) is 0 Å². The van der Waals surface area contributed by atoms with Crippen molar-refractivity contribution in [3.8, 4) is 0 Å². The number of rotatable bonds is 0. The van der Waals surface area contributed by atoms with Gasteiger partial charge in [0, 0.05) is 0 Å². The summed E-state index contributed by atoms with van der Waals surface area (Å²) in [4.78, 5) is 0. The van der Waals surface area contributed by atoms with Gasteiger partial charge >= 0.3 is 0 Å². The summed E-state index contributed by atoms with van der Waals surface area (Å²) in [5, 5.41) is 2.62. The molecule has 0 aliphatic heterocycles. The minimum atomic E-state index is 0.646. The second kappa shape index (κ2) is 5.73. The van der Waals surface area contributed by atoms with E-state index in [2.05, 4.69) is 48.5 Å². The lowest BCUT2D eigenvalue weighted by molar-refractivity contribution is 1.67. The third-order valence-corrected chi connectivity index (χ3v) is 2.65. The van der Waals surface area contributed by atoms with Crippen molar-refractivity contribution in [2.75, 3.05) is 11.5 Å². The SMILES string of the molecule is Nc1ccccc1N.c1ccc2ccccc2c1. The molecule has 3 aromatic carbocycles. The Bertz CT molecular complexity index is 546. The third-order valence-electron chi connectivity index (χ3n) is 2.65. The van der Waals surface area contributed by atoms with E-state index in [1.807, 2.05) is 12.1 Å². The summed E-state index contributed by atoms with van der Waals surface area (Å²) >= 11 is 0. The Labute approximate surface area is 107 Å². The molecule has 0 aromatic heterocycles. The molecule has 2 heteroatoms. The van der Waals surface area contributed by atoms with E-state index < -0.39 is 0 Å². The third kappa shape index (κ3) is 3.01. The Kier molecular flexibility index (Phi) is 3.82. The fraction of sp³-hybridized carbons (Fsp3) is 0. The van der Waals surface area contributed by atoms with Crippen LogP contribution in [0.15, 0.2) is 72.8 Å². The van der Waals surface area contributed by atoms with E-state index in [1.165, 1.54) is 10.8 Å². The maximum absolute atomic E-state index is 5.39. The zero-order chi connectivity index (χ0) is 12.8. The van der Waals surface area contributed by atoms with Crippen molar-refractivity contribution in [3.63, 3.8) is 0 Å². The summed E-state index contributed by atoms with van der Waals surface area (Å²) in [5.74, 6) is 0. The number of fused-ring (bicyclic) bond motifs is 1. The van der Waals surface area contributed by atoms with Gasteiger partial charge in [-0.25, -0.2) is 0 Å². The van der Waals surface area contributed by atoms with E-state index in [0.29, 0.717) is 11.4 Å². The molecule has 2 nitrogen and oxygen atoms in total. The molecule has 3 aromatic rings. The minimum Gasteiger partial charge on any atom is -0.397 e. The molecule has 0 amide bonds. The number of benzene rings is 3. The van der Waals surface area contributed by atoms with Crippen molar-refractivity contribution in [3.05, 3.63) is 72.8 Å². The summed E-state index contributed by atoms with van der Waals surface area (Å²) in [7, 11) is 0. The largest absolute Gasteiger partial charge is 0.397 e. The lowest BCUT2D eigenvalue weighted by Crippen LogP contribution is -1.91.